The Kier molecular flexibility index (Phi) is 5.70. The summed E-state index contributed by atoms with van der Waals surface area (Å²) in [5.41, 5.74) is 4.21. The summed E-state index contributed by atoms with van der Waals surface area (Å²) in [7, 11) is 1.71. The average Bonchev–Trinajstić information content (AvgIpc) is 3.42. The van der Waals surface area contributed by atoms with Gasteiger partial charge < -0.3 is 9.47 Å². The van der Waals surface area contributed by atoms with E-state index in [4.69, 9.17) is 21.1 Å². The van der Waals surface area contributed by atoms with Gasteiger partial charge in [-0.2, -0.15) is 0 Å². The Balaban J connectivity index is 1.47. The molecule has 0 bridgehead atoms. The van der Waals surface area contributed by atoms with Crippen molar-refractivity contribution in [1.82, 2.24) is 4.90 Å². The molecule has 144 valence electrons. The van der Waals surface area contributed by atoms with E-state index < -0.39 is 0 Å². The molecular weight excluding hydrogens is 473 g/mol. The van der Waals surface area contributed by atoms with Gasteiger partial charge in [0.25, 0.3) is 0 Å². The van der Waals surface area contributed by atoms with Crippen LogP contribution in [0.3, 0.4) is 0 Å². The van der Waals surface area contributed by atoms with Crippen LogP contribution in [0.25, 0.3) is 0 Å². The summed E-state index contributed by atoms with van der Waals surface area (Å²) >= 11 is 8.58. The van der Waals surface area contributed by atoms with E-state index in [1.54, 1.807) is 7.11 Å². The Bertz CT molecular complexity index is 797. The highest BCUT2D eigenvalue weighted by atomic mass is 127. The predicted octanol–water partition coefficient (Wildman–Crippen LogP) is 5.24. The molecule has 1 aliphatic heterocycles. The molecule has 1 atom stereocenters. The molecule has 1 saturated carbocycles. The van der Waals surface area contributed by atoms with Gasteiger partial charge in [0.1, 0.15) is 5.75 Å². The minimum atomic E-state index is 0.225. The molecule has 0 radical (unpaired) electrons. The van der Waals surface area contributed by atoms with Crippen molar-refractivity contribution in [1.29, 1.82) is 0 Å². The zero-order valence-corrected chi connectivity index (χ0v) is 18.7. The smallest absolute Gasteiger partial charge is 0.118 e. The molecule has 1 heterocycles. The van der Waals surface area contributed by atoms with Crippen molar-refractivity contribution in [3.8, 4) is 5.75 Å². The van der Waals surface area contributed by atoms with E-state index in [2.05, 4.69) is 52.6 Å². The first-order valence-electron chi connectivity index (χ1n) is 9.43. The van der Waals surface area contributed by atoms with Crippen LogP contribution in [0.2, 0.25) is 5.02 Å². The van der Waals surface area contributed by atoms with Crippen molar-refractivity contribution in [3.63, 3.8) is 0 Å². The molecule has 2 fully saturated rings. The molecule has 0 aromatic heterocycles. The minimum absolute atomic E-state index is 0.225. The standard InChI is InChI=1S/C22H25ClINO2/c1-15-9-17(23)10-21(24)20(15)11-19-13-25(22(7-8-22)14-27-19)12-16-3-5-18(26-2)6-4-16/h3-6,9-10,19H,7-8,11-14H2,1-2H3. The number of methoxy groups -OCH3 is 1. The molecule has 2 aromatic rings. The Morgan fingerprint density at radius 1 is 1.26 bits per heavy atom. The molecule has 3 nitrogen and oxygen atoms in total. The second-order valence-electron chi connectivity index (χ2n) is 7.77. The van der Waals surface area contributed by atoms with E-state index in [0.717, 1.165) is 36.9 Å². The van der Waals surface area contributed by atoms with E-state index in [-0.39, 0.29) is 11.6 Å². The third-order valence-corrected chi connectivity index (χ3v) is 7.04. The summed E-state index contributed by atoms with van der Waals surface area (Å²) in [6.45, 7) is 4.94. The van der Waals surface area contributed by atoms with Crippen LogP contribution in [0.4, 0.5) is 0 Å². The first-order valence-corrected chi connectivity index (χ1v) is 10.9. The SMILES string of the molecule is COc1ccc(CN2CC(Cc3c(C)cc(Cl)cc3I)OCC23CC3)cc1. The summed E-state index contributed by atoms with van der Waals surface area (Å²) in [4.78, 5) is 2.64. The number of hydrogen-bond donors (Lipinski definition) is 0. The number of rotatable bonds is 5. The lowest BCUT2D eigenvalue weighted by Gasteiger charge is -2.40. The maximum Gasteiger partial charge on any atom is 0.118 e. The minimum Gasteiger partial charge on any atom is -0.497 e. The van der Waals surface area contributed by atoms with Gasteiger partial charge in [0, 0.05) is 33.6 Å². The highest BCUT2D eigenvalue weighted by Crippen LogP contribution is 2.45. The highest BCUT2D eigenvalue weighted by Gasteiger charge is 2.51. The summed E-state index contributed by atoms with van der Waals surface area (Å²) in [6, 6.07) is 12.5. The van der Waals surface area contributed by atoms with Gasteiger partial charge in [-0.15, -0.1) is 0 Å². The van der Waals surface area contributed by atoms with Crippen LogP contribution in [0.15, 0.2) is 36.4 Å². The number of halogens is 2. The fraction of sp³-hybridized carbons (Fsp3) is 0.455. The summed E-state index contributed by atoms with van der Waals surface area (Å²) in [6.07, 6.45) is 3.65. The first kappa shape index (κ1) is 19.5. The normalized spacial score (nSPS) is 21.4. The van der Waals surface area contributed by atoms with E-state index in [1.807, 2.05) is 18.2 Å². The summed E-state index contributed by atoms with van der Waals surface area (Å²) < 4.78 is 12.8. The fourth-order valence-electron chi connectivity index (χ4n) is 3.99. The Labute approximate surface area is 180 Å². The molecule has 1 aliphatic carbocycles. The van der Waals surface area contributed by atoms with Crippen molar-refractivity contribution in [3.05, 3.63) is 61.7 Å². The second kappa shape index (κ2) is 7.90. The molecule has 2 aliphatic rings. The van der Waals surface area contributed by atoms with E-state index in [0.29, 0.717) is 0 Å². The Hall–Kier alpha value is -0.820. The van der Waals surface area contributed by atoms with Crippen molar-refractivity contribution in [2.75, 3.05) is 20.3 Å². The third kappa shape index (κ3) is 4.29. The molecule has 1 unspecified atom stereocenters. The average molecular weight is 498 g/mol. The lowest BCUT2D eigenvalue weighted by molar-refractivity contribution is -0.0770. The topological polar surface area (TPSA) is 21.7 Å². The number of morpholine rings is 1. The van der Waals surface area contributed by atoms with E-state index >= 15 is 0 Å². The monoisotopic (exact) mass is 497 g/mol. The number of nitrogens with zero attached hydrogens (tertiary/aromatic N) is 1. The second-order valence-corrected chi connectivity index (χ2v) is 9.37. The van der Waals surface area contributed by atoms with Gasteiger partial charge in [0.05, 0.1) is 19.8 Å². The zero-order valence-electron chi connectivity index (χ0n) is 15.8. The summed E-state index contributed by atoms with van der Waals surface area (Å²) in [5, 5.41) is 0.809. The van der Waals surface area contributed by atoms with Crippen LogP contribution in [-0.2, 0) is 17.7 Å². The predicted molar refractivity (Wildman–Crippen MR) is 118 cm³/mol. The first-order chi connectivity index (χ1) is 13.0. The van der Waals surface area contributed by atoms with Crippen LogP contribution in [-0.4, -0.2) is 36.8 Å². The highest BCUT2D eigenvalue weighted by molar-refractivity contribution is 14.1. The van der Waals surface area contributed by atoms with Gasteiger partial charge in [-0.1, -0.05) is 23.7 Å². The van der Waals surface area contributed by atoms with Gasteiger partial charge >= 0.3 is 0 Å². The van der Waals surface area contributed by atoms with Crippen molar-refractivity contribution >= 4 is 34.2 Å². The molecule has 0 amide bonds. The van der Waals surface area contributed by atoms with E-state index in [1.165, 1.54) is 33.1 Å². The van der Waals surface area contributed by atoms with Gasteiger partial charge in [-0.3, -0.25) is 4.90 Å². The molecule has 4 rings (SSSR count). The Morgan fingerprint density at radius 3 is 2.63 bits per heavy atom. The lowest BCUT2D eigenvalue weighted by atomic mass is 10.00. The van der Waals surface area contributed by atoms with Crippen molar-refractivity contribution in [2.24, 2.45) is 0 Å². The number of benzene rings is 2. The van der Waals surface area contributed by atoms with Crippen LogP contribution < -0.4 is 4.74 Å². The number of ether oxygens (including phenoxy) is 2. The molecule has 1 saturated heterocycles. The van der Waals surface area contributed by atoms with Crippen LogP contribution >= 0.6 is 34.2 Å². The number of aryl methyl sites for hydroxylation is 1. The Morgan fingerprint density at radius 2 is 2.00 bits per heavy atom. The molecule has 1 spiro atoms. The van der Waals surface area contributed by atoms with Crippen molar-refractivity contribution < 1.29 is 9.47 Å². The molecule has 5 heteroatoms. The van der Waals surface area contributed by atoms with Gasteiger partial charge in [-0.05, 0) is 83.3 Å². The molecule has 27 heavy (non-hydrogen) atoms. The van der Waals surface area contributed by atoms with Crippen molar-refractivity contribution in [2.45, 2.75) is 44.4 Å². The van der Waals surface area contributed by atoms with Crippen LogP contribution in [0, 0.1) is 10.5 Å². The van der Waals surface area contributed by atoms with E-state index in [9.17, 15) is 0 Å². The molecule has 0 N–H and O–H groups in total. The van der Waals surface area contributed by atoms with Crippen LogP contribution in [0.5, 0.6) is 5.75 Å². The van der Waals surface area contributed by atoms with Gasteiger partial charge in [0.15, 0.2) is 0 Å². The molecule has 2 aromatic carbocycles. The largest absolute Gasteiger partial charge is 0.497 e. The zero-order chi connectivity index (χ0) is 19.0. The fourth-order valence-corrected chi connectivity index (χ4v) is 5.42. The lowest BCUT2D eigenvalue weighted by Crippen LogP contribution is -2.51. The third-order valence-electron chi connectivity index (χ3n) is 5.86. The maximum absolute atomic E-state index is 6.31. The van der Waals surface area contributed by atoms with Crippen LogP contribution in [0.1, 0.15) is 29.5 Å². The van der Waals surface area contributed by atoms with Gasteiger partial charge in [-0.25, -0.2) is 0 Å². The summed E-state index contributed by atoms with van der Waals surface area (Å²) in [5.74, 6) is 0.910. The molecular formula is C22H25ClINO2. The maximum atomic E-state index is 6.31. The number of hydrogen-bond acceptors (Lipinski definition) is 3. The van der Waals surface area contributed by atoms with Gasteiger partial charge in [0.2, 0.25) is 0 Å². The quantitative estimate of drug-likeness (QED) is 0.528.